The third kappa shape index (κ3) is 6.93. The van der Waals surface area contributed by atoms with Crippen molar-refractivity contribution in [3.8, 4) is 0 Å². The van der Waals surface area contributed by atoms with Crippen molar-refractivity contribution in [3.05, 3.63) is 102 Å². The minimum atomic E-state index is -0.623. The van der Waals surface area contributed by atoms with Crippen LogP contribution in [0.1, 0.15) is 25.0 Å². The third-order valence-electron chi connectivity index (χ3n) is 5.69. The Balaban J connectivity index is 1.33. The number of benzene rings is 3. The number of amides is 2. The largest absolute Gasteiger partial charge is 0.344 e. The molecule has 1 atom stereocenters. The van der Waals surface area contributed by atoms with Crippen molar-refractivity contribution in [1.82, 2.24) is 10.3 Å². The molecule has 1 unspecified atom stereocenters. The highest BCUT2D eigenvalue weighted by molar-refractivity contribution is 7.98. The predicted molar refractivity (Wildman–Crippen MR) is 143 cm³/mol. The van der Waals surface area contributed by atoms with E-state index in [1.165, 1.54) is 0 Å². The highest BCUT2D eigenvalue weighted by Gasteiger charge is 2.24. The van der Waals surface area contributed by atoms with Gasteiger partial charge < -0.3 is 10.6 Å². The average molecular weight is 484 g/mol. The summed E-state index contributed by atoms with van der Waals surface area (Å²) < 4.78 is 0. The first-order valence-electron chi connectivity index (χ1n) is 11.7. The van der Waals surface area contributed by atoms with Gasteiger partial charge in [0.1, 0.15) is 6.04 Å². The van der Waals surface area contributed by atoms with Gasteiger partial charge in [-0.15, -0.1) is 11.8 Å². The number of rotatable bonds is 9. The van der Waals surface area contributed by atoms with Crippen LogP contribution in [0.3, 0.4) is 0 Å². The van der Waals surface area contributed by atoms with E-state index < -0.39 is 6.04 Å². The van der Waals surface area contributed by atoms with Gasteiger partial charge in [0, 0.05) is 28.7 Å². The molecule has 0 spiro atoms. The first-order chi connectivity index (χ1) is 17.0. The molecular formula is C29H29N3O2S. The number of hydrogen-bond donors (Lipinski definition) is 2. The van der Waals surface area contributed by atoms with Crippen molar-refractivity contribution in [2.45, 2.75) is 37.0 Å². The quantitative estimate of drug-likeness (QED) is 0.293. The molecule has 5 nitrogen and oxygen atoms in total. The van der Waals surface area contributed by atoms with Crippen LogP contribution >= 0.6 is 11.8 Å². The van der Waals surface area contributed by atoms with E-state index in [4.69, 9.17) is 0 Å². The van der Waals surface area contributed by atoms with Crippen molar-refractivity contribution in [3.63, 3.8) is 0 Å². The second-order valence-electron chi connectivity index (χ2n) is 8.81. The molecule has 0 aliphatic carbocycles. The molecule has 2 N–H and O–H groups in total. The van der Waals surface area contributed by atoms with Crippen LogP contribution in [0.4, 0.5) is 5.69 Å². The molecule has 0 aliphatic rings. The molecule has 4 aromatic rings. The standard InChI is InChI=1S/C29H29N3O2S/c1-20(2)28(32-27(33)17-21-9-10-23-7-3-4-8-24(23)16-21)29(34)31-25-11-13-26(14-12-25)35-19-22-6-5-15-30-18-22/h3-16,18,20,28H,17,19H2,1-2H3,(H,31,34)(H,32,33). The first-order valence-corrected chi connectivity index (χ1v) is 12.7. The number of hydrogen-bond acceptors (Lipinski definition) is 4. The van der Waals surface area contributed by atoms with Gasteiger partial charge in [-0.05, 0) is 58.1 Å². The summed E-state index contributed by atoms with van der Waals surface area (Å²) in [6.07, 6.45) is 3.86. The lowest BCUT2D eigenvalue weighted by Crippen LogP contribution is -2.47. The van der Waals surface area contributed by atoms with Gasteiger partial charge in [0.25, 0.3) is 0 Å². The molecule has 1 heterocycles. The van der Waals surface area contributed by atoms with Crippen molar-refractivity contribution >= 4 is 40.0 Å². The van der Waals surface area contributed by atoms with Gasteiger partial charge in [-0.3, -0.25) is 14.6 Å². The molecule has 2 amide bonds. The SMILES string of the molecule is CC(C)C(NC(=O)Cc1ccc2ccccc2c1)C(=O)Nc1ccc(SCc2cccnc2)cc1. The fraction of sp³-hybridized carbons (Fsp3) is 0.207. The minimum Gasteiger partial charge on any atom is -0.344 e. The van der Waals surface area contributed by atoms with E-state index in [1.54, 1.807) is 18.0 Å². The van der Waals surface area contributed by atoms with Gasteiger partial charge in [0.15, 0.2) is 0 Å². The van der Waals surface area contributed by atoms with Crippen molar-refractivity contribution < 1.29 is 9.59 Å². The highest BCUT2D eigenvalue weighted by atomic mass is 32.2. The van der Waals surface area contributed by atoms with E-state index in [9.17, 15) is 9.59 Å². The maximum atomic E-state index is 13.0. The lowest BCUT2D eigenvalue weighted by molar-refractivity contribution is -0.127. The number of thioether (sulfide) groups is 1. The zero-order valence-corrected chi connectivity index (χ0v) is 20.7. The van der Waals surface area contributed by atoms with Gasteiger partial charge in [-0.1, -0.05) is 62.4 Å². The van der Waals surface area contributed by atoms with E-state index in [0.717, 1.165) is 32.5 Å². The zero-order valence-electron chi connectivity index (χ0n) is 19.9. The predicted octanol–water partition coefficient (Wildman–Crippen LogP) is 5.85. The van der Waals surface area contributed by atoms with Crippen LogP contribution < -0.4 is 10.6 Å². The number of aromatic nitrogens is 1. The Bertz CT molecular complexity index is 1290. The Morgan fingerprint density at radius 2 is 1.66 bits per heavy atom. The number of anilines is 1. The number of pyridine rings is 1. The fourth-order valence-corrected chi connectivity index (χ4v) is 4.63. The lowest BCUT2D eigenvalue weighted by Gasteiger charge is -2.22. The number of carbonyl (C=O) groups is 2. The van der Waals surface area contributed by atoms with Crippen molar-refractivity contribution in [2.75, 3.05) is 5.32 Å². The topological polar surface area (TPSA) is 71.1 Å². The lowest BCUT2D eigenvalue weighted by atomic mass is 10.0. The zero-order chi connectivity index (χ0) is 24.6. The van der Waals surface area contributed by atoms with Crippen LogP contribution in [0.2, 0.25) is 0 Å². The molecule has 1 aromatic heterocycles. The molecule has 3 aromatic carbocycles. The first kappa shape index (κ1) is 24.5. The van der Waals surface area contributed by atoms with E-state index in [2.05, 4.69) is 21.7 Å². The maximum Gasteiger partial charge on any atom is 0.247 e. The van der Waals surface area contributed by atoms with Crippen molar-refractivity contribution in [2.24, 2.45) is 5.92 Å². The normalized spacial score (nSPS) is 11.9. The van der Waals surface area contributed by atoms with Crippen LogP contribution in [0.25, 0.3) is 10.8 Å². The van der Waals surface area contributed by atoms with Crippen LogP contribution in [-0.4, -0.2) is 22.8 Å². The summed E-state index contributed by atoms with van der Waals surface area (Å²) in [5, 5.41) is 8.10. The maximum absolute atomic E-state index is 13.0. The molecule has 0 saturated heterocycles. The van der Waals surface area contributed by atoms with Gasteiger partial charge in [0.05, 0.1) is 6.42 Å². The molecule has 35 heavy (non-hydrogen) atoms. The Morgan fingerprint density at radius 1 is 0.886 bits per heavy atom. The highest BCUT2D eigenvalue weighted by Crippen LogP contribution is 2.24. The molecule has 6 heteroatoms. The van der Waals surface area contributed by atoms with E-state index in [0.29, 0.717) is 5.69 Å². The van der Waals surface area contributed by atoms with Gasteiger partial charge in [0.2, 0.25) is 11.8 Å². The third-order valence-corrected chi connectivity index (χ3v) is 6.78. The summed E-state index contributed by atoms with van der Waals surface area (Å²) >= 11 is 1.71. The Labute approximate surface area is 210 Å². The van der Waals surface area contributed by atoms with Crippen molar-refractivity contribution in [1.29, 1.82) is 0 Å². The van der Waals surface area contributed by atoms with E-state index in [1.807, 2.05) is 92.8 Å². The molecular weight excluding hydrogens is 454 g/mol. The molecule has 0 radical (unpaired) electrons. The number of nitrogens with one attached hydrogen (secondary N) is 2. The molecule has 0 fully saturated rings. The van der Waals surface area contributed by atoms with Crippen LogP contribution in [0.5, 0.6) is 0 Å². The second-order valence-corrected chi connectivity index (χ2v) is 9.86. The van der Waals surface area contributed by atoms with Crippen LogP contribution in [-0.2, 0) is 21.8 Å². The van der Waals surface area contributed by atoms with E-state index in [-0.39, 0.29) is 24.2 Å². The molecule has 4 rings (SSSR count). The van der Waals surface area contributed by atoms with E-state index >= 15 is 0 Å². The van der Waals surface area contributed by atoms with Gasteiger partial charge in [-0.25, -0.2) is 0 Å². The second kappa shape index (κ2) is 11.7. The number of fused-ring (bicyclic) bond motifs is 1. The summed E-state index contributed by atoms with van der Waals surface area (Å²) in [7, 11) is 0. The fourth-order valence-electron chi connectivity index (χ4n) is 3.80. The van der Waals surface area contributed by atoms with Gasteiger partial charge in [-0.2, -0.15) is 0 Å². The Kier molecular flexibility index (Phi) is 8.16. The summed E-state index contributed by atoms with van der Waals surface area (Å²) in [6, 6.07) is 25.2. The number of nitrogens with zero attached hydrogens (tertiary/aromatic N) is 1. The smallest absolute Gasteiger partial charge is 0.247 e. The number of carbonyl (C=O) groups excluding carboxylic acids is 2. The average Bonchev–Trinajstić information content (AvgIpc) is 2.87. The molecule has 0 bridgehead atoms. The Morgan fingerprint density at radius 3 is 2.37 bits per heavy atom. The molecule has 0 aliphatic heterocycles. The minimum absolute atomic E-state index is 0.0511. The molecule has 0 saturated carbocycles. The van der Waals surface area contributed by atoms with Gasteiger partial charge >= 0.3 is 0 Å². The monoisotopic (exact) mass is 483 g/mol. The Hall–Kier alpha value is -3.64. The summed E-state index contributed by atoms with van der Waals surface area (Å²) in [4.78, 5) is 31.0. The van der Waals surface area contributed by atoms with Crippen LogP contribution in [0, 0.1) is 5.92 Å². The summed E-state index contributed by atoms with van der Waals surface area (Å²) in [5.41, 5.74) is 2.78. The molecule has 178 valence electrons. The van der Waals surface area contributed by atoms with Crippen LogP contribution in [0.15, 0.2) is 96.2 Å². The summed E-state index contributed by atoms with van der Waals surface area (Å²) in [6.45, 7) is 3.86. The summed E-state index contributed by atoms with van der Waals surface area (Å²) in [5.74, 6) is 0.391.